The van der Waals surface area contributed by atoms with Gasteiger partial charge < -0.3 is 10.1 Å². The van der Waals surface area contributed by atoms with Crippen LogP contribution in [0.3, 0.4) is 0 Å². The summed E-state index contributed by atoms with van der Waals surface area (Å²) in [6.07, 6.45) is 1.59. The molecule has 1 aromatic heterocycles. The molecule has 0 fully saturated rings. The van der Waals surface area contributed by atoms with Gasteiger partial charge in [0.1, 0.15) is 23.2 Å². The maximum atomic E-state index is 13.4. The molecule has 0 spiro atoms. The Morgan fingerprint density at radius 3 is 2.41 bits per heavy atom. The molecule has 3 aromatic carbocycles. The van der Waals surface area contributed by atoms with Crippen LogP contribution < -0.4 is 10.1 Å². The number of amides is 1. The molecule has 0 unspecified atom stereocenters. The van der Waals surface area contributed by atoms with Crippen LogP contribution in [0.4, 0.5) is 10.2 Å². The van der Waals surface area contributed by atoms with E-state index in [1.165, 1.54) is 12.1 Å². The maximum Gasteiger partial charge on any atom is 0.256 e. The molecule has 34 heavy (non-hydrogen) atoms. The Kier molecular flexibility index (Phi) is 7.20. The van der Waals surface area contributed by atoms with Crippen molar-refractivity contribution in [1.29, 1.82) is 0 Å². The van der Waals surface area contributed by atoms with Crippen molar-refractivity contribution in [3.05, 3.63) is 111 Å². The summed E-state index contributed by atoms with van der Waals surface area (Å²) >= 11 is 12.4. The molecule has 8 heteroatoms. The topological polar surface area (TPSA) is 56.1 Å². The number of hydrogen-bond acceptors (Lipinski definition) is 3. The number of aromatic nitrogens is 2. The Balaban J connectivity index is 1.37. The van der Waals surface area contributed by atoms with Crippen LogP contribution >= 0.6 is 23.2 Å². The van der Waals surface area contributed by atoms with Crippen LogP contribution in [0.25, 0.3) is 0 Å². The lowest BCUT2D eigenvalue weighted by atomic mass is 10.1. The first-order chi connectivity index (χ1) is 16.3. The Morgan fingerprint density at radius 1 is 1.03 bits per heavy atom. The lowest BCUT2D eigenvalue weighted by molar-refractivity contribution is 0.102. The van der Waals surface area contributed by atoms with Crippen molar-refractivity contribution in [3.8, 4) is 5.75 Å². The zero-order chi connectivity index (χ0) is 24.2. The highest BCUT2D eigenvalue weighted by atomic mass is 35.5. The van der Waals surface area contributed by atoms with E-state index in [4.69, 9.17) is 27.9 Å². The number of nitrogens with one attached hydrogen (secondary N) is 1. The number of anilines is 1. The summed E-state index contributed by atoms with van der Waals surface area (Å²) in [7, 11) is 0. The van der Waals surface area contributed by atoms with Gasteiger partial charge in [-0.25, -0.2) is 4.39 Å². The first-order valence-corrected chi connectivity index (χ1v) is 11.3. The van der Waals surface area contributed by atoms with Gasteiger partial charge in [-0.05, 0) is 72.5 Å². The van der Waals surface area contributed by atoms with Gasteiger partial charge in [-0.3, -0.25) is 9.48 Å². The smallest absolute Gasteiger partial charge is 0.256 e. The normalized spacial score (nSPS) is 10.9. The standard InChI is InChI=1S/C26H22Cl2FN3O2/c1-16-10-22(11-17(2)24(16)28)34-15-18-6-8-20(9-7-18)26(33)30-25-23(27)14-32(31-25)13-19-4-3-5-21(29)12-19/h3-12,14H,13,15H2,1-2H3,(H,30,31,33). The van der Waals surface area contributed by atoms with Gasteiger partial charge in [0.25, 0.3) is 5.91 Å². The minimum absolute atomic E-state index is 0.240. The van der Waals surface area contributed by atoms with Crippen LogP contribution in [0.5, 0.6) is 5.75 Å². The third-order valence-corrected chi connectivity index (χ3v) is 6.09. The predicted molar refractivity (Wildman–Crippen MR) is 132 cm³/mol. The average Bonchev–Trinajstić information content (AvgIpc) is 3.14. The SMILES string of the molecule is Cc1cc(OCc2ccc(C(=O)Nc3nn(Cc4cccc(F)c4)cc3Cl)cc2)cc(C)c1Cl. The third-order valence-electron chi connectivity index (χ3n) is 5.21. The number of halogens is 3. The van der Waals surface area contributed by atoms with Crippen molar-refractivity contribution in [2.75, 3.05) is 5.32 Å². The van der Waals surface area contributed by atoms with Crippen molar-refractivity contribution in [2.45, 2.75) is 27.0 Å². The maximum absolute atomic E-state index is 13.4. The molecule has 0 aliphatic heterocycles. The molecule has 1 amide bonds. The molecule has 4 aromatic rings. The quantitative estimate of drug-likeness (QED) is 0.304. The second-order valence-electron chi connectivity index (χ2n) is 7.96. The number of carbonyl (C=O) groups excluding carboxylic acids is 1. The van der Waals surface area contributed by atoms with Crippen LogP contribution in [0.15, 0.2) is 66.9 Å². The minimum atomic E-state index is -0.339. The molecule has 0 radical (unpaired) electrons. The largest absolute Gasteiger partial charge is 0.489 e. The molecule has 174 valence electrons. The summed E-state index contributed by atoms with van der Waals surface area (Å²) < 4.78 is 20.8. The van der Waals surface area contributed by atoms with Crippen molar-refractivity contribution >= 4 is 34.9 Å². The van der Waals surface area contributed by atoms with E-state index in [9.17, 15) is 9.18 Å². The third kappa shape index (κ3) is 5.76. The Labute approximate surface area is 207 Å². The van der Waals surface area contributed by atoms with E-state index < -0.39 is 0 Å². The molecule has 0 saturated carbocycles. The average molecular weight is 498 g/mol. The highest BCUT2D eigenvalue weighted by Crippen LogP contribution is 2.26. The van der Waals surface area contributed by atoms with Crippen LogP contribution in [0, 0.1) is 19.7 Å². The Morgan fingerprint density at radius 2 is 1.74 bits per heavy atom. The first kappa shape index (κ1) is 23.8. The predicted octanol–water partition coefficient (Wildman–Crippen LogP) is 6.83. The zero-order valence-corrected chi connectivity index (χ0v) is 20.1. The molecular weight excluding hydrogens is 476 g/mol. The van der Waals surface area contributed by atoms with Crippen LogP contribution in [-0.2, 0) is 13.2 Å². The summed E-state index contributed by atoms with van der Waals surface area (Å²) in [6, 6.07) is 17.1. The fraction of sp³-hybridized carbons (Fsp3) is 0.154. The number of aryl methyl sites for hydroxylation is 2. The second-order valence-corrected chi connectivity index (χ2v) is 8.75. The van der Waals surface area contributed by atoms with Crippen molar-refractivity contribution < 1.29 is 13.9 Å². The molecule has 0 saturated heterocycles. The Bertz CT molecular complexity index is 1310. The number of ether oxygens (including phenoxy) is 1. The summed E-state index contributed by atoms with van der Waals surface area (Å²) in [5, 5.41) is 8.05. The number of hydrogen-bond donors (Lipinski definition) is 1. The zero-order valence-electron chi connectivity index (χ0n) is 18.6. The fourth-order valence-corrected chi connectivity index (χ4v) is 3.78. The lowest BCUT2D eigenvalue weighted by Gasteiger charge is -2.10. The lowest BCUT2D eigenvalue weighted by Crippen LogP contribution is -2.13. The van der Waals surface area contributed by atoms with Gasteiger partial charge in [0, 0.05) is 16.8 Å². The first-order valence-electron chi connectivity index (χ1n) is 10.6. The van der Waals surface area contributed by atoms with Gasteiger partial charge in [-0.15, -0.1) is 0 Å². The summed E-state index contributed by atoms with van der Waals surface area (Å²) in [6.45, 7) is 4.56. The molecule has 0 aliphatic rings. The highest BCUT2D eigenvalue weighted by molar-refractivity contribution is 6.33. The monoisotopic (exact) mass is 497 g/mol. The van der Waals surface area contributed by atoms with Gasteiger partial charge in [-0.2, -0.15) is 5.10 Å². The summed E-state index contributed by atoms with van der Waals surface area (Å²) in [5.41, 5.74) is 4.03. The van der Waals surface area contributed by atoms with E-state index in [0.717, 1.165) is 33.0 Å². The van der Waals surface area contributed by atoms with E-state index in [-0.39, 0.29) is 17.5 Å². The van der Waals surface area contributed by atoms with E-state index in [1.807, 2.05) is 38.1 Å². The van der Waals surface area contributed by atoms with Crippen molar-refractivity contribution in [3.63, 3.8) is 0 Å². The molecule has 4 rings (SSSR count). The van der Waals surface area contributed by atoms with Crippen LogP contribution in [0.1, 0.15) is 32.6 Å². The number of benzene rings is 3. The number of nitrogens with zero attached hydrogens (tertiary/aromatic N) is 2. The van der Waals surface area contributed by atoms with Gasteiger partial charge in [0.05, 0.1) is 6.54 Å². The van der Waals surface area contributed by atoms with E-state index in [2.05, 4.69) is 10.4 Å². The minimum Gasteiger partial charge on any atom is -0.489 e. The second kappa shape index (κ2) is 10.3. The molecule has 1 heterocycles. The molecule has 1 N–H and O–H groups in total. The van der Waals surface area contributed by atoms with Gasteiger partial charge in [0.15, 0.2) is 5.82 Å². The molecule has 5 nitrogen and oxygen atoms in total. The van der Waals surface area contributed by atoms with Crippen molar-refractivity contribution in [2.24, 2.45) is 0 Å². The van der Waals surface area contributed by atoms with Gasteiger partial charge in [0.2, 0.25) is 0 Å². The number of rotatable bonds is 7. The molecule has 0 atom stereocenters. The van der Waals surface area contributed by atoms with Crippen molar-refractivity contribution in [1.82, 2.24) is 9.78 Å². The fourth-order valence-electron chi connectivity index (χ4n) is 3.47. The van der Waals surface area contributed by atoms with Crippen LogP contribution in [0.2, 0.25) is 10.0 Å². The number of carbonyl (C=O) groups is 1. The van der Waals surface area contributed by atoms with E-state index in [1.54, 1.807) is 35.1 Å². The highest BCUT2D eigenvalue weighted by Gasteiger charge is 2.13. The molecule has 0 bridgehead atoms. The van der Waals surface area contributed by atoms with E-state index in [0.29, 0.717) is 23.7 Å². The molecule has 0 aliphatic carbocycles. The summed E-state index contributed by atoms with van der Waals surface area (Å²) in [4.78, 5) is 12.7. The van der Waals surface area contributed by atoms with Crippen LogP contribution in [-0.4, -0.2) is 15.7 Å². The summed E-state index contributed by atoms with van der Waals surface area (Å²) in [5.74, 6) is 0.319. The van der Waals surface area contributed by atoms with E-state index >= 15 is 0 Å². The molecular formula is C26H22Cl2FN3O2. The van der Waals surface area contributed by atoms with Gasteiger partial charge >= 0.3 is 0 Å². The Hall–Kier alpha value is -3.35. The van der Waals surface area contributed by atoms with Gasteiger partial charge in [-0.1, -0.05) is 47.5 Å².